The van der Waals surface area contributed by atoms with Crippen molar-refractivity contribution in [1.82, 2.24) is 24.5 Å². The largest absolute Gasteiger partial charge is 0.501 e. The van der Waals surface area contributed by atoms with Crippen molar-refractivity contribution in [2.24, 2.45) is 0 Å². The lowest BCUT2D eigenvalue weighted by Crippen LogP contribution is -2.48. The smallest absolute Gasteiger partial charge is 0.410 e. The molecule has 2 bridgehead atoms. The zero-order valence-electron chi connectivity index (χ0n) is 36.6. The third-order valence-corrected chi connectivity index (χ3v) is 14.2. The first-order chi connectivity index (χ1) is 27.5. The van der Waals surface area contributed by atoms with E-state index in [1.807, 2.05) is 73.8 Å². The van der Waals surface area contributed by atoms with Gasteiger partial charge in [0.2, 0.25) is 0 Å². The lowest BCUT2D eigenvalue weighted by Gasteiger charge is -2.40. The van der Waals surface area contributed by atoms with Crippen molar-refractivity contribution in [3.05, 3.63) is 72.4 Å². The average Bonchev–Trinajstić information content (AvgIpc) is 3.70. The number of nitrogens with zero attached hydrogens (tertiary/aromatic N) is 6. The Morgan fingerprint density at radius 3 is 2.07 bits per heavy atom. The normalized spacial score (nSPS) is 18.7. The molecule has 2 aliphatic heterocycles. The van der Waals surface area contributed by atoms with Crippen LogP contribution in [0.3, 0.4) is 0 Å². The fourth-order valence-corrected chi connectivity index (χ4v) is 9.32. The van der Waals surface area contributed by atoms with Gasteiger partial charge < -0.3 is 28.7 Å². The average molecular weight is 827 g/mol. The molecule has 6 rings (SSSR count). The van der Waals surface area contributed by atoms with Crippen LogP contribution in [-0.2, 0) is 18.9 Å². The maximum Gasteiger partial charge on any atom is 0.410 e. The SMILES string of the molecule is CCO/C=C\c1c([C@@H]2C[C@H]3CC[C@@H](C2)N3C(=O)OC(C)(C)C)nc2c(-c3ccc(-c4ccccc4)nc3)cnn2c1N(COCC[Si](C)(C)C)COCC[Si](C)(C)C. The summed E-state index contributed by atoms with van der Waals surface area (Å²) in [5, 5.41) is 5.06. The van der Waals surface area contributed by atoms with Crippen LogP contribution in [0.4, 0.5) is 10.6 Å². The Morgan fingerprint density at radius 2 is 1.52 bits per heavy atom. The predicted molar refractivity (Wildman–Crippen MR) is 240 cm³/mol. The molecule has 1 amide bonds. The number of aromatic nitrogens is 4. The third-order valence-electron chi connectivity index (χ3n) is 10.8. The van der Waals surface area contributed by atoms with Crippen LogP contribution in [-0.4, -0.2) is 97.7 Å². The zero-order valence-corrected chi connectivity index (χ0v) is 38.6. The molecular formula is C45H66N6O5Si2. The van der Waals surface area contributed by atoms with E-state index in [2.05, 4.69) is 68.4 Å². The van der Waals surface area contributed by atoms with Crippen molar-refractivity contribution in [3.63, 3.8) is 0 Å². The number of carbonyl (C=O) groups excluding carboxylic acids is 1. The molecule has 0 unspecified atom stereocenters. The van der Waals surface area contributed by atoms with Crippen LogP contribution in [0.2, 0.25) is 51.4 Å². The molecule has 11 nitrogen and oxygen atoms in total. The molecule has 0 spiro atoms. The summed E-state index contributed by atoms with van der Waals surface area (Å²) in [7, 11) is -2.66. The van der Waals surface area contributed by atoms with Gasteiger partial charge in [0.25, 0.3) is 0 Å². The highest BCUT2D eigenvalue weighted by atomic mass is 28.3. The lowest BCUT2D eigenvalue weighted by molar-refractivity contribution is 0.00568. The van der Waals surface area contributed by atoms with E-state index in [4.69, 9.17) is 34.0 Å². The van der Waals surface area contributed by atoms with Crippen molar-refractivity contribution >= 4 is 39.8 Å². The summed E-state index contributed by atoms with van der Waals surface area (Å²) in [6.07, 6.45) is 10.9. The summed E-state index contributed by atoms with van der Waals surface area (Å²) in [5.41, 5.74) is 5.86. The highest BCUT2D eigenvalue weighted by Gasteiger charge is 2.46. The second-order valence-electron chi connectivity index (χ2n) is 19.3. The summed E-state index contributed by atoms with van der Waals surface area (Å²) in [5.74, 6) is 0.920. The van der Waals surface area contributed by atoms with E-state index in [0.29, 0.717) is 33.3 Å². The highest BCUT2D eigenvalue weighted by molar-refractivity contribution is 6.76. The third kappa shape index (κ3) is 11.2. The number of fused-ring (bicyclic) bond motifs is 3. The molecule has 2 aliphatic rings. The van der Waals surface area contributed by atoms with Crippen LogP contribution < -0.4 is 4.90 Å². The second kappa shape index (κ2) is 18.5. The van der Waals surface area contributed by atoms with Gasteiger partial charge in [-0.1, -0.05) is 75.7 Å². The van der Waals surface area contributed by atoms with Gasteiger partial charge in [-0.3, -0.25) is 4.98 Å². The van der Waals surface area contributed by atoms with Crippen LogP contribution in [0.1, 0.15) is 70.6 Å². The number of hydrogen-bond acceptors (Lipinski definition) is 9. The molecule has 13 heteroatoms. The number of pyridine rings is 1. The number of rotatable bonds is 17. The molecule has 5 heterocycles. The van der Waals surface area contributed by atoms with Gasteiger partial charge in [-0.15, -0.1) is 0 Å². The molecule has 1 aromatic carbocycles. The van der Waals surface area contributed by atoms with Crippen molar-refractivity contribution in [3.8, 4) is 22.4 Å². The van der Waals surface area contributed by atoms with Crippen LogP contribution in [0.15, 0.2) is 61.1 Å². The Labute approximate surface area is 348 Å². The van der Waals surface area contributed by atoms with Gasteiger partial charge >= 0.3 is 6.09 Å². The van der Waals surface area contributed by atoms with Gasteiger partial charge in [-0.05, 0) is 77.6 Å². The number of anilines is 1. The number of amides is 1. The van der Waals surface area contributed by atoms with E-state index in [-0.39, 0.29) is 24.1 Å². The van der Waals surface area contributed by atoms with Crippen LogP contribution in [0.25, 0.3) is 34.1 Å². The van der Waals surface area contributed by atoms with Gasteiger partial charge in [0.1, 0.15) is 24.9 Å². The molecule has 0 N–H and O–H groups in total. The van der Waals surface area contributed by atoms with Gasteiger partial charge in [0.15, 0.2) is 5.65 Å². The molecule has 0 radical (unpaired) electrons. The molecule has 3 aromatic heterocycles. The molecule has 3 atom stereocenters. The summed E-state index contributed by atoms with van der Waals surface area (Å²) < 4.78 is 26.8. The van der Waals surface area contributed by atoms with E-state index in [9.17, 15) is 4.79 Å². The topological polar surface area (TPSA) is 104 Å². The van der Waals surface area contributed by atoms with Gasteiger partial charge in [-0.25, -0.2) is 9.78 Å². The number of piperidine rings is 1. The zero-order chi connectivity index (χ0) is 41.7. The predicted octanol–water partition coefficient (Wildman–Crippen LogP) is 10.5. The van der Waals surface area contributed by atoms with Crippen molar-refractivity contribution in [2.45, 2.75) is 128 Å². The maximum atomic E-state index is 13.5. The Bertz CT molecular complexity index is 1970. The lowest BCUT2D eigenvalue weighted by atomic mass is 9.86. The molecular weight excluding hydrogens is 761 g/mol. The molecule has 0 aliphatic carbocycles. The maximum absolute atomic E-state index is 13.5. The van der Waals surface area contributed by atoms with Gasteiger partial charge in [0.05, 0.1) is 30.5 Å². The highest BCUT2D eigenvalue weighted by Crippen LogP contribution is 2.46. The van der Waals surface area contributed by atoms with Crippen molar-refractivity contribution in [1.29, 1.82) is 0 Å². The number of ether oxygens (including phenoxy) is 4. The van der Waals surface area contributed by atoms with E-state index in [1.165, 1.54) is 0 Å². The number of benzene rings is 1. The van der Waals surface area contributed by atoms with E-state index >= 15 is 0 Å². The summed E-state index contributed by atoms with van der Waals surface area (Å²) in [6, 6.07) is 16.6. The van der Waals surface area contributed by atoms with Crippen LogP contribution in [0, 0.1) is 0 Å². The molecule has 4 aromatic rings. The van der Waals surface area contributed by atoms with Crippen molar-refractivity contribution < 1.29 is 23.7 Å². The number of carbonyl (C=O) groups is 1. The van der Waals surface area contributed by atoms with Crippen molar-refractivity contribution in [2.75, 3.05) is 38.2 Å². The Morgan fingerprint density at radius 1 is 0.879 bits per heavy atom. The Balaban J connectivity index is 1.48. The van der Waals surface area contributed by atoms with Gasteiger partial charge in [-0.2, -0.15) is 9.61 Å². The molecule has 2 saturated heterocycles. The van der Waals surface area contributed by atoms with E-state index in [1.54, 1.807) is 6.26 Å². The summed E-state index contributed by atoms with van der Waals surface area (Å²) in [4.78, 5) is 28.2. The molecule has 0 saturated carbocycles. The summed E-state index contributed by atoms with van der Waals surface area (Å²) >= 11 is 0. The molecule has 314 valence electrons. The molecule has 2 fully saturated rings. The minimum absolute atomic E-state index is 0.0637. The summed E-state index contributed by atoms with van der Waals surface area (Å²) in [6.45, 7) is 24.5. The van der Waals surface area contributed by atoms with E-state index < -0.39 is 21.7 Å². The molecule has 58 heavy (non-hydrogen) atoms. The quantitative estimate of drug-likeness (QED) is 0.0445. The second-order valence-corrected chi connectivity index (χ2v) is 30.5. The first-order valence-electron chi connectivity index (χ1n) is 21.1. The van der Waals surface area contributed by atoms with Gasteiger partial charge in [0, 0.05) is 75.8 Å². The number of hydrogen-bond donors (Lipinski definition) is 0. The minimum Gasteiger partial charge on any atom is -0.501 e. The fraction of sp³-hybridized carbons (Fsp3) is 0.556. The fourth-order valence-electron chi connectivity index (χ4n) is 7.81. The Hall–Kier alpha value is -4.05. The standard InChI is InChI=1S/C45H66N6O5Si2/c1-11-53-22-21-38-41(35-27-36-18-19-37(28-35)50(36)44(52)56-45(2,3)4)48-42-39(34-17-20-40(46-29-34)33-15-13-12-14-16-33)30-47-51(42)43(38)49(31-54-23-25-57(5,6)7)32-55-24-26-58(8,9)10/h12-17,20-22,29-30,35-37H,11,18-19,23-28,31-32H2,1-10H3/b22-21-/t35-,36-,37+. The Kier molecular flexibility index (Phi) is 13.9. The first-order valence-corrected chi connectivity index (χ1v) is 28.6. The first kappa shape index (κ1) is 43.5. The minimum atomic E-state index is -1.33. The van der Waals surface area contributed by atoms with Crippen LogP contribution in [0.5, 0.6) is 0 Å². The monoisotopic (exact) mass is 826 g/mol. The van der Waals surface area contributed by atoms with Crippen LogP contribution >= 0.6 is 0 Å². The van der Waals surface area contributed by atoms with E-state index in [0.717, 1.165) is 82.9 Å².